The van der Waals surface area contributed by atoms with Crippen molar-refractivity contribution in [2.75, 3.05) is 13.7 Å². The maximum absolute atomic E-state index is 12.1. The van der Waals surface area contributed by atoms with Crippen molar-refractivity contribution >= 4 is 15.7 Å². The van der Waals surface area contributed by atoms with Crippen LogP contribution in [-0.4, -0.2) is 31.5 Å². The predicted molar refractivity (Wildman–Crippen MR) is 64.2 cm³/mol. The Hall–Kier alpha value is -1.77. The van der Waals surface area contributed by atoms with E-state index in [1.807, 2.05) is 0 Å². The lowest BCUT2D eigenvalue weighted by atomic mass is 10.3. The van der Waals surface area contributed by atoms with Gasteiger partial charge in [-0.15, -0.1) is 6.58 Å². The van der Waals surface area contributed by atoms with Gasteiger partial charge in [0.05, 0.1) is 18.6 Å². The van der Waals surface area contributed by atoms with E-state index in [0.717, 1.165) is 19.2 Å². The molecule has 8 heteroatoms. The molecule has 0 aliphatic heterocycles. The van der Waals surface area contributed by atoms with Gasteiger partial charge in [-0.05, 0) is 6.07 Å². The van der Waals surface area contributed by atoms with Crippen LogP contribution in [0.25, 0.3) is 0 Å². The molecule has 98 valence electrons. The Morgan fingerprint density at radius 2 is 2.11 bits per heavy atom. The van der Waals surface area contributed by atoms with Crippen LogP contribution in [-0.2, 0) is 14.9 Å². The maximum Gasteiger partial charge on any atom is 0.289 e. The van der Waals surface area contributed by atoms with Crippen LogP contribution in [0.15, 0.2) is 41.8 Å². The van der Waals surface area contributed by atoms with Gasteiger partial charge in [-0.2, -0.15) is 0 Å². The molecule has 0 unspecified atom stereocenters. The Bertz CT molecular complexity index is 555. The molecule has 1 aromatic carbocycles. The fourth-order valence-electron chi connectivity index (χ4n) is 1.31. The number of nitro groups is 1. The standard InChI is InChI=1S/C10H12N2O5S/c1-3-8-11(17-2)18(15,16)10-7-5-4-6-9(10)12(13)14/h3-7H,1,8H2,2H3. The van der Waals surface area contributed by atoms with Gasteiger partial charge in [0.25, 0.3) is 15.7 Å². The van der Waals surface area contributed by atoms with E-state index in [1.165, 1.54) is 18.2 Å². The van der Waals surface area contributed by atoms with Crippen molar-refractivity contribution in [1.29, 1.82) is 0 Å². The lowest BCUT2D eigenvalue weighted by Crippen LogP contribution is -2.30. The van der Waals surface area contributed by atoms with Crippen molar-refractivity contribution in [2.24, 2.45) is 0 Å². The average Bonchev–Trinajstić information content (AvgIpc) is 2.35. The monoisotopic (exact) mass is 272 g/mol. The summed E-state index contributed by atoms with van der Waals surface area (Å²) in [6.45, 7) is 3.29. The molecule has 0 saturated carbocycles. The van der Waals surface area contributed by atoms with Crippen LogP contribution < -0.4 is 0 Å². The molecule has 0 heterocycles. The quantitative estimate of drug-likeness (QED) is 0.442. The second-order valence-electron chi connectivity index (χ2n) is 3.19. The molecule has 0 radical (unpaired) electrons. The Labute approximate surface area is 104 Å². The first kappa shape index (κ1) is 14.3. The van der Waals surface area contributed by atoms with Gasteiger partial charge in [0, 0.05) is 6.07 Å². The van der Waals surface area contributed by atoms with E-state index in [2.05, 4.69) is 6.58 Å². The van der Waals surface area contributed by atoms with Crippen molar-refractivity contribution in [1.82, 2.24) is 4.47 Å². The Morgan fingerprint density at radius 3 is 2.61 bits per heavy atom. The zero-order valence-corrected chi connectivity index (χ0v) is 10.5. The number of hydrogen-bond donors (Lipinski definition) is 0. The average molecular weight is 272 g/mol. The van der Waals surface area contributed by atoms with E-state index in [0.29, 0.717) is 4.47 Å². The van der Waals surface area contributed by atoms with Gasteiger partial charge in [-0.3, -0.25) is 15.0 Å². The molecule has 18 heavy (non-hydrogen) atoms. The molecule has 0 fully saturated rings. The normalized spacial score (nSPS) is 11.4. The Balaban J connectivity index is 3.36. The van der Waals surface area contributed by atoms with Gasteiger partial charge in [0.15, 0.2) is 4.90 Å². The van der Waals surface area contributed by atoms with Gasteiger partial charge < -0.3 is 0 Å². The van der Waals surface area contributed by atoms with Crippen LogP contribution in [0.1, 0.15) is 0 Å². The molecule has 0 aliphatic carbocycles. The molecule has 1 aromatic rings. The molecular weight excluding hydrogens is 260 g/mol. The summed E-state index contributed by atoms with van der Waals surface area (Å²) in [5.41, 5.74) is -0.497. The fraction of sp³-hybridized carbons (Fsp3) is 0.200. The van der Waals surface area contributed by atoms with Gasteiger partial charge in [-0.25, -0.2) is 8.42 Å². The number of para-hydroxylation sites is 1. The van der Waals surface area contributed by atoms with Crippen LogP contribution in [0.5, 0.6) is 0 Å². The predicted octanol–water partition coefficient (Wildman–Crippen LogP) is 1.33. The van der Waals surface area contributed by atoms with E-state index >= 15 is 0 Å². The third kappa shape index (κ3) is 2.73. The maximum atomic E-state index is 12.1. The number of rotatable bonds is 6. The van der Waals surface area contributed by atoms with E-state index in [-0.39, 0.29) is 6.54 Å². The molecule has 0 amide bonds. The second-order valence-corrected chi connectivity index (χ2v) is 4.98. The highest BCUT2D eigenvalue weighted by Crippen LogP contribution is 2.26. The number of nitrogens with zero attached hydrogens (tertiary/aromatic N) is 2. The van der Waals surface area contributed by atoms with Crippen molar-refractivity contribution in [2.45, 2.75) is 4.90 Å². The lowest BCUT2D eigenvalue weighted by molar-refractivity contribution is -0.387. The van der Waals surface area contributed by atoms with Crippen molar-refractivity contribution in [3.8, 4) is 0 Å². The number of nitro benzene ring substituents is 1. The highest BCUT2D eigenvalue weighted by atomic mass is 32.2. The summed E-state index contributed by atoms with van der Waals surface area (Å²) in [7, 11) is -2.93. The molecule has 0 aromatic heterocycles. The minimum atomic E-state index is -4.09. The van der Waals surface area contributed by atoms with E-state index in [1.54, 1.807) is 0 Å². The molecule has 0 bridgehead atoms. The molecule has 0 atom stereocenters. The van der Waals surface area contributed by atoms with Gasteiger partial charge in [0.1, 0.15) is 0 Å². The highest BCUT2D eigenvalue weighted by Gasteiger charge is 2.30. The number of hydroxylamine groups is 1. The summed E-state index contributed by atoms with van der Waals surface area (Å²) in [5, 5.41) is 10.8. The van der Waals surface area contributed by atoms with Crippen molar-refractivity contribution in [3.05, 3.63) is 47.0 Å². The molecule has 1 rings (SSSR count). The first-order valence-corrected chi connectivity index (χ1v) is 6.30. The van der Waals surface area contributed by atoms with Gasteiger partial charge in [0.2, 0.25) is 0 Å². The van der Waals surface area contributed by atoms with Crippen molar-refractivity contribution in [3.63, 3.8) is 0 Å². The summed E-state index contributed by atoms with van der Waals surface area (Å²) in [5.74, 6) is 0. The van der Waals surface area contributed by atoms with E-state index < -0.39 is 25.5 Å². The molecule has 0 N–H and O–H groups in total. The summed E-state index contributed by atoms with van der Waals surface area (Å²) in [6.07, 6.45) is 1.32. The largest absolute Gasteiger partial charge is 0.289 e. The highest BCUT2D eigenvalue weighted by molar-refractivity contribution is 7.89. The fourth-order valence-corrected chi connectivity index (χ4v) is 2.69. The topological polar surface area (TPSA) is 89.8 Å². The Morgan fingerprint density at radius 1 is 1.50 bits per heavy atom. The van der Waals surface area contributed by atoms with Crippen molar-refractivity contribution < 1.29 is 18.2 Å². The number of sulfonamides is 1. The number of hydrogen-bond acceptors (Lipinski definition) is 5. The first-order valence-electron chi connectivity index (χ1n) is 4.86. The molecule has 7 nitrogen and oxygen atoms in total. The number of benzene rings is 1. The smallest absolute Gasteiger partial charge is 0.287 e. The third-order valence-electron chi connectivity index (χ3n) is 2.09. The van der Waals surface area contributed by atoms with Crippen LogP contribution in [0.4, 0.5) is 5.69 Å². The first-order chi connectivity index (χ1) is 8.45. The Kier molecular flexibility index (Phi) is 4.54. The minimum Gasteiger partial charge on any atom is -0.287 e. The van der Waals surface area contributed by atoms with Gasteiger partial charge >= 0.3 is 0 Å². The van der Waals surface area contributed by atoms with E-state index in [9.17, 15) is 18.5 Å². The van der Waals surface area contributed by atoms with Gasteiger partial charge in [-0.1, -0.05) is 22.7 Å². The second kappa shape index (κ2) is 5.71. The van der Waals surface area contributed by atoms with Crippen LogP contribution in [0.2, 0.25) is 0 Å². The molecule has 0 saturated heterocycles. The summed E-state index contributed by atoms with van der Waals surface area (Å²) >= 11 is 0. The molecule has 0 spiro atoms. The third-order valence-corrected chi connectivity index (χ3v) is 3.83. The van der Waals surface area contributed by atoms with E-state index in [4.69, 9.17) is 4.84 Å². The SMILES string of the molecule is C=CCN(OC)S(=O)(=O)c1ccccc1[N+](=O)[O-]. The summed E-state index contributed by atoms with van der Waals surface area (Å²) in [6, 6.07) is 5.07. The summed E-state index contributed by atoms with van der Waals surface area (Å²) < 4.78 is 24.9. The molecular formula is C10H12N2O5S. The molecule has 0 aliphatic rings. The summed E-state index contributed by atoms with van der Waals surface area (Å²) in [4.78, 5) is 14.3. The van der Waals surface area contributed by atoms with Crippen LogP contribution in [0, 0.1) is 10.1 Å². The minimum absolute atomic E-state index is 0.106. The zero-order valence-electron chi connectivity index (χ0n) is 9.64. The lowest BCUT2D eigenvalue weighted by Gasteiger charge is -2.17. The zero-order chi connectivity index (χ0) is 13.8. The van der Waals surface area contributed by atoms with Crippen LogP contribution >= 0.6 is 0 Å². The van der Waals surface area contributed by atoms with Crippen LogP contribution in [0.3, 0.4) is 0 Å².